The van der Waals surface area contributed by atoms with Gasteiger partial charge in [-0.2, -0.15) is 0 Å². The summed E-state index contributed by atoms with van der Waals surface area (Å²) in [5, 5.41) is 9.02. The number of hydrogen-bond acceptors (Lipinski definition) is 3. The van der Waals surface area contributed by atoms with Crippen LogP contribution in [0.5, 0.6) is 0 Å². The Hall–Kier alpha value is -0.830. The van der Waals surface area contributed by atoms with Gasteiger partial charge in [-0.15, -0.1) is 0 Å². The molecule has 0 atom stereocenters. The molecule has 0 aromatic rings. The van der Waals surface area contributed by atoms with Crippen LogP contribution in [-0.4, -0.2) is 23.3 Å². The molecule has 0 unspecified atom stereocenters. The third-order valence-electron chi connectivity index (χ3n) is 6.68. The van der Waals surface area contributed by atoms with Crippen molar-refractivity contribution < 1.29 is 14.6 Å². The Morgan fingerprint density at radius 3 is 2.24 bits per heavy atom. The van der Waals surface area contributed by atoms with Crippen molar-refractivity contribution in [3.05, 3.63) is 12.2 Å². The lowest BCUT2D eigenvalue weighted by Crippen LogP contribution is -2.38. The van der Waals surface area contributed by atoms with E-state index in [1.165, 1.54) is 64.2 Å². The second-order valence-corrected chi connectivity index (χ2v) is 8.72. The third-order valence-corrected chi connectivity index (χ3v) is 6.68. The molecule has 3 nitrogen and oxygen atoms in total. The zero-order valence-electron chi connectivity index (χ0n) is 16.4. The maximum Gasteiger partial charge on any atom is 0.336 e. The quantitative estimate of drug-likeness (QED) is 0.361. The van der Waals surface area contributed by atoms with Crippen LogP contribution in [0, 0.1) is 17.8 Å². The van der Waals surface area contributed by atoms with Gasteiger partial charge in [0, 0.05) is 0 Å². The van der Waals surface area contributed by atoms with Gasteiger partial charge < -0.3 is 9.84 Å². The van der Waals surface area contributed by atoms with Gasteiger partial charge >= 0.3 is 5.97 Å². The Kier molecular flexibility index (Phi) is 7.99. The summed E-state index contributed by atoms with van der Waals surface area (Å²) in [6.07, 6.45) is 15.4. The van der Waals surface area contributed by atoms with E-state index in [2.05, 4.69) is 13.5 Å². The maximum atomic E-state index is 11.9. The summed E-state index contributed by atoms with van der Waals surface area (Å²) >= 11 is 0. The molecule has 0 radical (unpaired) electrons. The molecule has 0 amide bonds. The lowest BCUT2D eigenvalue weighted by molar-refractivity contribution is -0.158. The molecule has 0 aliphatic heterocycles. The van der Waals surface area contributed by atoms with Gasteiger partial charge in [0.15, 0.2) is 0 Å². The fourth-order valence-electron chi connectivity index (χ4n) is 4.82. The molecule has 2 aliphatic carbocycles. The van der Waals surface area contributed by atoms with Gasteiger partial charge in [-0.05, 0) is 63.2 Å². The van der Waals surface area contributed by atoms with Crippen LogP contribution in [-0.2, 0) is 9.53 Å². The molecule has 2 saturated carbocycles. The summed E-state index contributed by atoms with van der Waals surface area (Å²) in [5.41, 5.74) is -0.215. The van der Waals surface area contributed by atoms with Gasteiger partial charge in [0.2, 0.25) is 0 Å². The smallest absolute Gasteiger partial charge is 0.336 e. The molecule has 1 N–H and O–H groups in total. The normalized spacial score (nSPS) is 33.0. The highest BCUT2D eigenvalue weighted by atomic mass is 16.6. The first-order valence-electron chi connectivity index (χ1n) is 10.5. The topological polar surface area (TPSA) is 46.5 Å². The third kappa shape index (κ3) is 6.13. The van der Waals surface area contributed by atoms with Crippen LogP contribution in [0.4, 0.5) is 0 Å². The lowest BCUT2D eigenvalue weighted by atomic mass is 9.68. The van der Waals surface area contributed by atoms with E-state index >= 15 is 0 Å². The van der Waals surface area contributed by atoms with E-state index in [-0.39, 0.29) is 17.8 Å². The SMILES string of the molecule is C=C(CO)C(=O)OC1(C)CCC(C2CCC(CCCCC)CC2)CC1. The predicted octanol–water partition coefficient (Wildman–Crippen LogP) is 5.41. The first kappa shape index (κ1) is 20.5. The summed E-state index contributed by atoms with van der Waals surface area (Å²) in [5.74, 6) is 2.23. The first-order chi connectivity index (χ1) is 12.0. The van der Waals surface area contributed by atoms with Crippen LogP contribution in [0.15, 0.2) is 12.2 Å². The summed E-state index contributed by atoms with van der Waals surface area (Å²) < 4.78 is 5.64. The Balaban J connectivity index is 1.72. The highest BCUT2D eigenvalue weighted by Crippen LogP contribution is 2.44. The highest BCUT2D eigenvalue weighted by molar-refractivity contribution is 5.88. The monoisotopic (exact) mass is 350 g/mol. The van der Waals surface area contributed by atoms with E-state index in [1.807, 2.05) is 6.92 Å². The average Bonchev–Trinajstić information content (AvgIpc) is 2.62. The molecule has 2 fully saturated rings. The van der Waals surface area contributed by atoms with Gasteiger partial charge in [0.1, 0.15) is 5.60 Å². The van der Waals surface area contributed by atoms with Crippen LogP contribution >= 0.6 is 0 Å². The van der Waals surface area contributed by atoms with Crippen molar-refractivity contribution >= 4 is 5.97 Å². The Morgan fingerprint density at radius 2 is 1.68 bits per heavy atom. The van der Waals surface area contributed by atoms with E-state index in [1.54, 1.807) is 0 Å². The summed E-state index contributed by atoms with van der Waals surface area (Å²) in [6.45, 7) is 7.57. The number of ether oxygens (including phenoxy) is 1. The van der Waals surface area contributed by atoms with Crippen LogP contribution in [0.1, 0.15) is 90.9 Å². The van der Waals surface area contributed by atoms with Crippen molar-refractivity contribution in [2.75, 3.05) is 6.61 Å². The van der Waals surface area contributed by atoms with Gasteiger partial charge in [0.25, 0.3) is 0 Å². The molecule has 0 saturated heterocycles. The maximum absolute atomic E-state index is 11.9. The molecule has 0 aromatic carbocycles. The van der Waals surface area contributed by atoms with Gasteiger partial charge in [-0.25, -0.2) is 4.79 Å². The fourth-order valence-corrected chi connectivity index (χ4v) is 4.82. The number of rotatable bonds is 8. The van der Waals surface area contributed by atoms with Crippen molar-refractivity contribution in [3.63, 3.8) is 0 Å². The molecule has 25 heavy (non-hydrogen) atoms. The average molecular weight is 351 g/mol. The van der Waals surface area contributed by atoms with Crippen molar-refractivity contribution in [1.29, 1.82) is 0 Å². The molecule has 2 rings (SSSR count). The molecule has 0 bridgehead atoms. The van der Waals surface area contributed by atoms with Crippen LogP contribution < -0.4 is 0 Å². The van der Waals surface area contributed by atoms with E-state index in [0.29, 0.717) is 0 Å². The van der Waals surface area contributed by atoms with Crippen LogP contribution in [0.3, 0.4) is 0 Å². The van der Waals surface area contributed by atoms with Crippen LogP contribution in [0.2, 0.25) is 0 Å². The van der Waals surface area contributed by atoms with E-state index < -0.39 is 5.97 Å². The molecule has 0 spiro atoms. The summed E-state index contributed by atoms with van der Waals surface area (Å²) in [7, 11) is 0. The molecule has 3 heteroatoms. The van der Waals surface area contributed by atoms with Crippen molar-refractivity contribution in [3.8, 4) is 0 Å². The van der Waals surface area contributed by atoms with E-state index in [4.69, 9.17) is 9.84 Å². The van der Waals surface area contributed by atoms with Gasteiger partial charge in [-0.3, -0.25) is 0 Å². The number of carbonyl (C=O) groups is 1. The first-order valence-corrected chi connectivity index (χ1v) is 10.5. The van der Waals surface area contributed by atoms with Crippen molar-refractivity contribution in [2.45, 2.75) is 96.5 Å². The molecule has 0 aromatic heterocycles. The standard InChI is InChI=1S/C22H38O3/c1-4-5-6-7-18-8-10-19(11-9-18)20-12-14-22(3,15-13-20)25-21(24)17(2)16-23/h18-20,23H,2,4-16H2,1,3H3. The minimum absolute atomic E-state index is 0.157. The number of aliphatic hydroxyl groups is 1. The molecular formula is C22H38O3. The van der Waals surface area contributed by atoms with Gasteiger partial charge in [-0.1, -0.05) is 52.0 Å². The van der Waals surface area contributed by atoms with Gasteiger partial charge in [0.05, 0.1) is 12.2 Å². The minimum atomic E-state index is -0.434. The van der Waals surface area contributed by atoms with E-state index in [9.17, 15) is 4.79 Å². The minimum Gasteiger partial charge on any atom is -0.456 e. The highest BCUT2D eigenvalue weighted by Gasteiger charge is 2.38. The van der Waals surface area contributed by atoms with Crippen molar-refractivity contribution in [2.24, 2.45) is 17.8 Å². The zero-order chi connectivity index (χ0) is 18.3. The summed E-state index contributed by atoms with van der Waals surface area (Å²) in [6, 6.07) is 0. The zero-order valence-corrected chi connectivity index (χ0v) is 16.4. The number of esters is 1. The Bertz CT molecular complexity index is 427. The second kappa shape index (κ2) is 9.75. The fraction of sp³-hybridized carbons (Fsp3) is 0.864. The second-order valence-electron chi connectivity index (χ2n) is 8.72. The molecule has 0 heterocycles. The number of unbranched alkanes of at least 4 members (excludes halogenated alkanes) is 2. The molecule has 2 aliphatic rings. The molecule has 144 valence electrons. The number of hydrogen-bond donors (Lipinski definition) is 1. The molecular weight excluding hydrogens is 312 g/mol. The largest absolute Gasteiger partial charge is 0.456 e. The number of aliphatic hydroxyl groups excluding tert-OH is 1. The Labute approximate surface area is 154 Å². The summed E-state index contributed by atoms with van der Waals surface area (Å²) in [4.78, 5) is 11.9. The van der Waals surface area contributed by atoms with Crippen molar-refractivity contribution in [1.82, 2.24) is 0 Å². The number of carbonyl (C=O) groups excluding carboxylic acids is 1. The van der Waals surface area contributed by atoms with E-state index in [0.717, 1.165) is 30.6 Å². The van der Waals surface area contributed by atoms with Crippen LogP contribution in [0.25, 0.3) is 0 Å². The lowest BCUT2D eigenvalue weighted by Gasteiger charge is -2.41. The predicted molar refractivity (Wildman–Crippen MR) is 102 cm³/mol. The Morgan fingerprint density at radius 1 is 1.08 bits per heavy atom.